The molecule has 0 bridgehead atoms. The quantitative estimate of drug-likeness (QED) is 0.821. The van der Waals surface area contributed by atoms with Crippen molar-refractivity contribution < 1.29 is 9.26 Å². The molecule has 0 aliphatic carbocycles. The minimum Gasteiger partial charge on any atom is -0.377 e. The molecule has 0 spiro atoms. The Morgan fingerprint density at radius 2 is 2.15 bits per heavy atom. The molecule has 0 atom stereocenters. The topological polar surface area (TPSA) is 80.1 Å². The molecule has 2 aromatic rings. The number of rotatable bonds is 7. The van der Waals surface area contributed by atoms with Crippen molar-refractivity contribution in [1.82, 2.24) is 25.2 Å². The molecule has 0 amide bonds. The molecule has 7 nitrogen and oxygen atoms in total. The van der Waals surface area contributed by atoms with Gasteiger partial charge in [0.1, 0.15) is 6.61 Å². The fourth-order valence-electron chi connectivity index (χ4n) is 2.10. The second-order valence-electron chi connectivity index (χ2n) is 4.94. The zero-order valence-corrected chi connectivity index (χ0v) is 12.4. The third-order valence-corrected chi connectivity index (χ3v) is 3.21. The number of aromatic amines is 1. The van der Waals surface area contributed by atoms with Gasteiger partial charge in [-0.15, -0.1) is 0 Å². The molecule has 2 aromatic heterocycles. The van der Waals surface area contributed by atoms with E-state index in [-0.39, 0.29) is 0 Å². The number of nitrogens with one attached hydrogen (secondary N) is 1. The van der Waals surface area contributed by atoms with E-state index < -0.39 is 0 Å². The van der Waals surface area contributed by atoms with Gasteiger partial charge in [-0.25, -0.2) is 0 Å². The summed E-state index contributed by atoms with van der Waals surface area (Å²) < 4.78 is 10.1. The zero-order chi connectivity index (χ0) is 14.5. The van der Waals surface area contributed by atoms with Crippen LogP contribution in [-0.2, 0) is 24.3 Å². The summed E-state index contributed by atoms with van der Waals surface area (Å²) in [5.41, 5.74) is 3.48. The second-order valence-corrected chi connectivity index (χ2v) is 4.94. The fourth-order valence-corrected chi connectivity index (χ4v) is 2.10. The Hall–Kier alpha value is -1.73. The van der Waals surface area contributed by atoms with Crippen molar-refractivity contribution in [2.75, 3.05) is 20.7 Å². The molecule has 110 valence electrons. The first kappa shape index (κ1) is 14.7. The molecule has 2 heterocycles. The number of hydrogen-bond acceptors (Lipinski definition) is 6. The van der Waals surface area contributed by atoms with Gasteiger partial charge in [0.15, 0.2) is 5.82 Å². The van der Waals surface area contributed by atoms with Gasteiger partial charge in [-0.2, -0.15) is 10.1 Å². The fraction of sp³-hybridized carbons (Fsp3) is 0.615. The first-order valence-corrected chi connectivity index (χ1v) is 6.59. The van der Waals surface area contributed by atoms with E-state index in [4.69, 9.17) is 9.26 Å². The lowest BCUT2D eigenvalue weighted by atomic mass is 10.1. The molecule has 1 N–H and O–H groups in total. The summed E-state index contributed by atoms with van der Waals surface area (Å²) in [7, 11) is 3.64. The summed E-state index contributed by atoms with van der Waals surface area (Å²) >= 11 is 0. The number of aromatic nitrogens is 4. The highest BCUT2D eigenvalue weighted by molar-refractivity contribution is 5.23. The highest BCUT2D eigenvalue weighted by Gasteiger charge is 2.11. The molecule has 20 heavy (non-hydrogen) atoms. The van der Waals surface area contributed by atoms with Crippen LogP contribution in [0.25, 0.3) is 0 Å². The lowest BCUT2D eigenvalue weighted by Gasteiger charge is -2.13. The Labute approximate surface area is 118 Å². The van der Waals surface area contributed by atoms with Gasteiger partial charge in [0.2, 0.25) is 5.89 Å². The Morgan fingerprint density at radius 1 is 1.35 bits per heavy atom. The van der Waals surface area contributed by atoms with Crippen molar-refractivity contribution in [3.8, 4) is 0 Å². The van der Waals surface area contributed by atoms with E-state index in [1.165, 1.54) is 5.56 Å². The molecule has 7 heteroatoms. The van der Waals surface area contributed by atoms with Gasteiger partial charge in [0, 0.05) is 19.3 Å². The lowest BCUT2D eigenvalue weighted by Crippen LogP contribution is -2.21. The van der Waals surface area contributed by atoms with Crippen LogP contribution < -0.4 is 0 Å². The van der Waals surface area contributed by atoms with Gasteiger partial charge < -0.3 is 9.26 Å². The van der Waals surface area contributed by atoms with Crippen LogP contribution >= 0.6 is 0 Å². The Morgan fingerprint density at radius 3 is 2.80 bits per heavy atom. The minimum atomic E-state index is 0.376. The second kappa shape index (κ2) is 6.62. The highest BCUT2D eigenvalue weighted by Crippen LogP contribution is 2.11. The van der Waals surface area contributed by atoms with Gasteiger partial charge in [-0.3, -0.25) is 10.00 Å². The zero-order valence-electron chi connectivity index (χ0n) is 12.4. The van der Waals surface area contributed by atoms with Crippen molar-refractivity contribution in [3.05, 3.63) is 28.7 Å². The first-order valence-electron chi connectivity index (χ1n) is 6.59. The monoisotopic (exact) mass is 279 g/mol. The summed E-state index contributed by atoms with van der Waals surface area (Å²) in [6.45, 7) is 5.98. The van der Waals surface area contributed by atoms with Crippen LogP contribution in [0.1, 0.15) is 28.7 Å². The summed E-state index contributed by atoms with van der Waals surface area (Å²) in [5.74, 6) is 1.19. The number of H-pyrrole nitrogens is 1. The summed E-state index contributed by atoms with van der Waals surface area (Å²) in [6.07, 6.45) is 0.948. The molecule has 0 fully saturated rings. The average molecular weight is 279 g/mol. The third kappa shape index (κ3) is 3.64. The van der Waals surface area contributed by atoms with Gasteiger partial charge in [-0.1, -0.05) is 5.16 Å². The van der Waals surface area contributed by atoms with E-state index >= 15 is 0 Å². The van der Waals surface area contributed by atoms with Crippen molar-refractivity contribution in [3.63, 3.8) is 0 Å². The average Bonchev–Trinajstić information content (AvgIpc) is 2.96. The Kier molecular flexibility index (Phi) is 4.86. The predicted octanol–water partition coefficient (Wildman–Crippen LogP) is 1.23. The number of hydrogen-bond donors (Lipinski definition) is 1. The van der Waals surface area contributed by atoms with Crippen LogP contribution in [-0.4, -0.2) is 45.9 Å². The summed E-state index contributed by atoms with van der Waals surface area (Å²) in [5, 5.41) is 11.1. The summed E-state index contributed by atoms with van der Waals surface area (Å²) in [6, 6.07) is 0. The van der Waals surface area contributed by atoms with Crippen LogP contribution in [0.3, 0.4) is 0 Å². The smallest absolute Gasteiger partial charge is 0.240 e. The van der Waals surface area contributed by atoms with Gasteiger partial charge in [-0.05, 0) is 32.9 Å². The lowest BCUT2D eigenvalue weighted by molar-refractivity contribution is 0.174. The standard InChI is InChI=1S/C13H21N5O2/c1-9-11(10(2)16-15-9)5-6-18(3)7-13-14-12(8-19-4)17-20-13/h5-8H2,1-4H3,(H,15,16). The number of methoxy groups -OCH3 is 1. The highest BCUT2D eigenvalue weighted by atomic mass is 16.5. The van der Waals surface area contributed by atoms with Gasteiger partial charge in [0.05, 0.1) is 12.2 Å². The molecular weight excluding hydrogens is 258 g/mol. The number of ether oxygens (including phenoxy) is 1. The Balaban J connectivity index is 1.84. The van der Waals surface area contributed by atoms with E-state index in [1.807, 2.05) is 20.9 Å². The maximum absolute atomic E-state index is 5.17. The van der Waals surface area contributed by atoms with Crippen molar-refractivity contribution in [2.45, 2.75) is 33.4 Å². The molecular formula is C13H21N5O2. The largest absolute Gasteiger partial charge is 0.377 e. The SMILES string of the molecule is COCc1noc(CN(C)CCc2c(C)n[nH]c2C)n1. The number of nitrogens with zero attached hydrogens (tertiary/aromatic N) is 4. The van der Waals surface area contributed by atoms with Crippen molar-refractivity contribution >= 4 is 0 Å². The number of aryl methyl sites for hydroxylation is 2. The molecule has 2 rings (SSSR count). The van der Waals surface area contributed by atoms with Crippen molar-refractivity contribution in [2.24, 2.45) is 0 Å². The normalized spacial score (nSPS) is 11.4. The molecule has 0 saturated carbocycles. The predicted molar refractivity (Wildman–Crippen MR) is 73.1 cm³/mol. The first-order chi connectivity index (χ1) is 9.60. The molecule has 0 aliphatic heterocycles. The molecule has 0 saturated heterocycles. The van der Waals surface area contributed by atoms with Gasteiger partial charge >= 0.3 is 0 Å². The molecule has 0 unspecified atom stereocenters. The van der Waals surface area contributed by atoms with Crippen LogP contribution in [0.2, 0.25) is 0 Å². The van der Waals surface area contributed by atoms with Crippen LogP contribution in [0, 0.1) is 13.8 Å². The third-order valence-electron chi connectivity index (χ3n) is 3.21. The number of likely N-dealkylation sites (N-methyl/N-ethyl adjacent to an activating group) is 1. The van der Waals surface area contributed by atoms with E-state index in [1.54, 1.807) is 7.11 Å². The maximum atomic E-state index is 5.17. The molecule has 0 radical (unpaired) electrons. The molecule has 0 aromatic carbocycles. The van der Waals surface area contributed by atoms with E-state index in [0.29, 0.717) is 24.9 Å². The van der Waals surface area contributed by atoms with Crippen LogP contribution in [0.5, 0.6) is 0 Å². The minimum absolute atomic E-state index is 0.376. The van der Waals surface area contributed by atoms with Crippen LogP contribution in [0.15, 0.2) is 4.52 Å². The molecule has 0 aliphatic rings. The maximum Gasteiger partial charge on any atom is 0.240 e. The van der Waals surface area contributed by atoms with Crippen molar-refractivity contribution in [1.29, 1.82) is 0 Å². The van der Waals surface area contributed by atoms with Crippen LogP contribution in [0.4, 0.5) is 0 Å². The van der Waals surface area contributed by atoms with E-state index in [2.05, 4.69) is 25.2 Å². The van der Waals surface area contributed by atoms with Gasteiger partial charge in [0.25, 0.3) is 0 Å². The Bertz CT molecular complexity index is 529. The van der Waals surface area contributed by atoms with E-state index in [9.17, 15) is 0 Å². The van der Waals surface area contributed by atoms with E-state index in [0.717, 1.165) is 24.4 Å². The summed E-state index contributed by atoms with van der Waals surface area (Å²) in [4.78, 5) is 6.41.